The fourth-order valence-electron chi connectivity index (χ4n) is 2.87. The van der Waals surface area contributed by atoms with E-state index in [0.29, 0.717) is 29.2 Å². The third kappa shape index (κ3) is 2.55. The minimum Gasteiger partial charge on any atom is -0.459 e. The van der Waals surface area contributed by atoms with Crippen molar-refractivity contribution in [1.82, 2.24) is 14.7 Å². The Morgan fingerprint density at radius 2 is 2.32 bits per heavy atom. The average molecular weight is 333 g/mol. The first kappa shape index (κ1) is 13.9. The molecular formula is C15H15N3O2S2. The van der Waals surface area contributed by atoms with E-state index in [2.05, 4.69) is 27.5 Å². The second-order valence-electron chi connectivity index (χ2n) is 5.28. The highest BCUT2D eigenvalue weighted by atomic mass is 32.1. The molecule has 7 heteroatoms. The van der Waals surface area contributed by atoms with E-state index in [1.54, 1.807) is 28.3 Å². The molecule has 0 saturated carbocycles. The predicted octanol–water partition coefficient (Wildman–Crippen LogP) is 4.32. The van der Waals surface area contributed by atoms with Gasteiger partial charge in [-0.2, -0.15) is 0 Å². The van der Waals surface area contributed by atoms with Crippen LogP contribution >= 0.6 is 23.6 Å². The molecule has 0 aliphatic carbocycles. The van der Waals surface area contributed by atoms with Crippen molar-refractivity contribution in [3.8, 4) is 11.7 Å². The zero-order chi connectivity index (χ0) is 14.9. The Hall–Kier alpha value is -1.70. The van der Waals surface area contributed by atoms with Crippen LogP contribution in [0.3, 0.4) is 0 Å². The van der Waals surface area contributed by atoms with Crippen molar-refractivity contribution in [2.24, 2.45) is 0 Å². The lowest BCUT2D eigenvalue weighted by Gasteiger charge is -2.22. The minimum atomic E-state index is 0.378. The van der Waals surface area contributed by atoms with Crippen molar-refractivity contribution in [3.05, 3.63) is 45.6 Å². The monoisotopic (exact) mass is 333 g/mol. The van der Waals surface area contributed by atoms with Crippen LogP contribution in [-0.2, 0) is 6.67 Å². The number of rotatable bonds is 4. The van der Waals surface area contributed by atoms with Gasteiger partial charge in [0.25, 0.3) is 10.7 Å². The van der Waals surface area contributed by atoms with Gasteiger partial charge in [-0.25, -0.2) is 4.68 Å². The SMILES string of the molecule is S=c1oc(-c2ccco2)nn1CN1CCC[C@H]1c1cccs1. The summed E-state index contributed by atoms with van der Waals surface area (Å²) in [6, 6.07) is 8.37. The molecule has 0 bridgehead atoms. The molecule has 4 heterocycles. The van der Waals surface area contributed by atoms with Crippen molar-refractivity contribution < 1.29 is 8.83 Å². The lowest BCUT2D eigenvalue weighted by atomic mass is 10.2. The van der Waals surface area contributed by atoms with Gasteiger partial charge in [-0.05, 0) is 48.6 Å². The van der Waals surface area contributed by atoms with Crippen LogP contribution in [-0.4, -0.2) is 21.2 Å². The van der Waals surface area contributed by atoms with E-state index in [-0.39, 0.29) is 0 Å². The van der Waals surface area contributed by atoms with Gasteiger partial charge in [0.1, 0.15) is 0 Å². The van der Waals surface area contributed by atoms with Gasteiger partial charge in [0.05, 0.1) is 12.9 Å². The summed E-state index contributed by atoms with van der Waals surface area (Å²) in [7, 11) is 0. The van der Waals surface area contributed by atoms with Crippen LogP contribution in [0, 0.1) is 4.84 Å². The van der Waals surface area contributed by atoms with Gasteiger partial charge < -0.3 is 8.83 Å². The van der Waals surface area contributed by atoms with E-state index in [9.17, 15) is 0 Å². The summed E-state index contributed by atoms with van der Waals surface area (Å²) in [5.74, 6) is 1.03. The zero-order valence-corrected chi connectivity index (χ0v) is 13.5. The number of hydrogen-bond donors (Lipinski definition) is 0. The second-order valence-corrected chi connectivity index (χ2v) is 6.61. The van der Waals surface area contributed by atoms with Gasteiger partial charge in [0.15, 0.2) is 5.76 Å². The largest absolute Gasteiger partial charge is 0.459 e. The van der Waals surface area contributed by atoms with Crippen molar-refractivity contribution in [2.75, 3.05) is 6.54 Å². The average Bonchev–Trinajstić information content (AvgIpc) is 3.27. The molecule has 22 heavy (non-hydrogen) atoms. The second kappa shape index (κ2) is 5.83. The number of furan rings is 1. The molecule has 3 aromatic heterocycles. The van der Waals surface area contributed by atoms with Gasteiger partial charge in [-0.15, -0.1) is 16.4 Å². The van der Waals surface area contributed by atoms with Crippen molar-refractivity contribution in [1.29, 1.82) is 0 Å². The Morgan fingerprint density at radius 1 is 1.36 bits per heavy atom. The maximum absolute atomic E-state index is 5.54. The fraction of sp³-hybridized carbons (Fsp3) is 0.333. The van der Waals surface area contributed by atoms with E-state index in [0.717, 1.165) is 6.54 Å². The molecule has 0 unspecified atom stereocenters. The molecule has 0 radical (unpaired) electrons. The molecule has 3 aromatic rings. The van der Waals surface area contributed by atoms with E-state index >= 15 is 0 Å². The first-order valence-electron chi connectivity index (χ1n) is 7.20. The molecule has 0 N–H and O–H groups in total. The maximum atomic E-state index is 5.54. The van der Waals surface area contributed by atoms with Crippen molar-refractivity contribution in [2.45, 2.75) is 25.6 Å². The molecule has 1 aliphatic heterocycles. The summed E-state index contributed by atoms with van der Waals surface area (Å²) >= 11 is 7.09. The minimum absolute atomic E-state index is 0.378. The standard InChI is InChI=1S/C15H15N3O2S2/c21-15-18(16-14(20-15)12-5-2-8-19-12)10-17-7-1-4-11(17)13-6-3-9-22-13/h2-3,5-6,8-9,11H,1,4,7,10H2/t11-/m0/s1. The number of hydrogen-bond acceptors (Lipinski definition) is 6. The lowest BCUT2D eigenvalue weighted by Crippen LogP contribution is -2.26. The Morgan fingerprint density at radius 3 is 3.09 bits per heavy atom. The van der Waals surface area contributed by atoms with Crippen LogP contribution in [0.25, 0.3) is 11.7 Å². The fourth-order valence-corrected chi connectivity index (χ4v) is 3.94. The molecule has 114 valence electrons. The molecule has 0 amide bonds. The van der Waals surface area contributed by atoms with Crippen molar-refractivity contribution >= 4 is 23.6 Å². The highest BCUT2D eigenvalue weighted by Crippen LogP contribution is 2.34. The maximum Gasteiger partial charge on any atom is 0.288 e. The molecule has 1 fully saturated rings. The Bertz CT molecular complexity index is 789. The smallest absolute Gasteiger partial charge is 0.288 e. The Balaban J connectivity index is 1.57. The molecule has 1 saturated heterocycles. The van der Waals surface area contributed by atoms with Gasteiger partial charge in [-0.1, -0.05) is 6.07 Å². The Labute approximate surface area is 136 Å². The lowest BCUT2D eigenvalue weighted by molar-refractivity contribution is 0.190. The van der Waals surface area contributed by atoms with Gasteiger partial charge in [0.2, 0.25) is 0 Å². The molecule has 1 atom stereocenters. The number of thiophene rings is 1. The first-order chi connectivity index (χ1) is 10.8. The third-order valence-electron chi connectivity index (χ3n) is 3.89. The molecule has 4 rings (SSSR count). The summed E-state index contributed by atoms with van der Waals surface area (Å²) in [5.41, 5.74) is 0. The highest BCUT2D eigenvalue weighted by molar-refractivity contribution is 7.71. The van der Waals surface area contributed by atoms with Gasteiger partial charge in [-0.3, -0.25) is 4.90 Å². The number of nitrogens with zero attached hydrogens (tertiary/aromatic N) is 3. The summed E-state index contributed by atoms with van der Waals surface area (Å²) in [6.07, 6.45) is 3.97. The normalized spacial score (nSPS) is 19.0. The predicted molar refractivity (Wildman–Crippen MR) is 86.0 cm³/mol. The summed E-state index contributed by atoms with van der Waals surface area (Å²) < 4.78 is 12.6. The highest BCUT2D eigenvalue weighted by Gasteiger charge is 2.27. The molecule has 0 aromatic carbocycles. The molecule has 5 nitrogen and oxygen atoms in total. The van der Waals surface area contributed by atoms with Gasteiger partial charge in [0, 0.05) is 17.5 Å². The third-order valence-corrected chi connectivity index (χ3v) is 5.16. The summed E-state index contributed by atoms with van der Waals surface area (Å²) in [6.45, 7) is 1.69. The van der Waals surface area contributed by atoms with Gasteiger partial charge >= 0.3 is 0 Å². The van der Waals surface area contributed by atoms with E-state index < -0.39 is 0 Å². The van der Waals surface area contributed by atoms with Crippen LogP contribution in [0.4, 0.5) is 0 Å². The first-order valence-corrected chi connectivity index (χ1v) is 8.49. The van der Waals surface area contributed by atoms with E-state index in [4.69, 9.17) is 21.1 Å². The summed E-state index contributed by atoms with van der Waals surface area (Å²) in [5, 5.41) is 6.57. The molecule has 1 aliphatic rings. The zero-order valence-electron chi connectivity index (χ0n) is 11.8. The van der Waals surface area contributed by atoms with Crippen molar-refractivity contribution in [3.63, 3.8) is 0 Å². The number of likely N-dealkylation sites (tertiary alicyclic amines) is 1. The quantitative estimate of drug-likeness (QED) is 0.665. The van der Waals surface area contributed by atoms with E-state index in [1.165, 1.54) is 17.7 Å². The topological polar surface area (TPSA) is 47.3 Å². The van der Waals surface area contributed by atoms with Crippen LogP contribution in [0.1, 0.15) is 23.8 Å². The molecule has 0 spiro atoms. The Kier molecular flexibility index (Phi) is 3.69. The van der Waals surface area contributed by atoms with Crippen LogP contribution in [0.5, 0.6) is 0 Å². The van der Waals surface area contributed by atoms with Crippen LogP contribution in [0.2, 0.25) is 0 Å². The van der Waals surface area contributed by atoms with E-state index in [1.807, 2.05) is 6.07 Å². The summed E-state index contributed by atoms with van der Waals surface area (Å²) in [4.78, 5) is 4.18. The van der Waals surface area contributed by atoms with Crippen LogP contribution in [0.15, 0.2) is 44.7 Å². The van der Waals surface area contributed by atoms with Crippen LogP contribution < -0.4 is 0 Å². The number of aromatic nitrogens is 2. The molecular weight excluding hydrogens is 318 g/mol.